The molecule has 0 amide bonds. The third-order valence-electron chi connectivity index (χ3n) is 2.04. The van der Waals surface area contributed by atoms with Crippen molar-refractivity contribution in [3.05, 3.63) is 0 Å². The summed E-state index contributed by atoms with van der Waals surface area (Å²) in [5, 5.41) is 11.9. The predicted molar refractivity (Wildman–Crippen MR) is 60.4 cm³/mol. The normalized spacial score (nSPS) is 14.4. The number of rotatable bonds is 7. The van der Waals surface area contributed by atoms with E-state index >= 15 is 0 Å². The summed E-state index contributed by atoms with van der Waals surface area (Å²) in [5.74, 6) is 3.05. The SMILES string of the molecule is C#CCSCCNC(C)C(C)C(=O)O. The first-order valence-corrected chi connectivity index (χ1v) is 5.72. The summed E-state index contributed by atoms with van der Waals surface area (Å²) in [7, 11) is 0. The minimum Gasteiger partial charge on any atom is -0.481 e. The average molecular weight is 215 g/mol. The second-order valence-corrected chi connectivity index (χ2v) is 4.23. The lowest BCUT2D eigenvalue weighted by Gasteiger charge is -2.17. The molecule has 0 aliphatic carbocycles. The van der Waals surface area contributed by atoms with Gasteiger partial charge in [-0.05, 0) is 6.92 Å². The van der Waals surface area contributed by atoms with Crippen LogP contribution in [0.3, 0.4) is 0 Å². The van der Waals surface area contributed by atoms with Crippen molar-refractivity contribution in [1.82, 2.24) is 5.32 Å². The number of thioether (sulfide) groups is 1. The highest BCUT2D eigenvalue weighted by atomic mass is 32.2. The Bertz CT molecular complexity index is 213. The Labute approximate surface area is 89.7 Å². The molecule has 0 aromatic carbocycles. The zero-order valence-corrected chi connectivity index (χ0v) is 9.43. The van der Waals surface area contributed by atoms with Crippen LogP contribution in [0.1, 0.15) is 13.8 Å². The van der Waals surface area contributed by atoms with E-state index in [1.54, 1.807) is 18.7 Å². The Balaban J connectivity index is 3.49. The van der Waals surface area contributed by atoms with Gasteiger partial charge in [0.2, 0.25) is 0 Å². The summed E-state index contributed by atoms with van der Waals surface area (Å²) < 4.78 is 0. The molecule has 0 heterocycles. The minimum absolute atomic E-state index is 0.000985. The van der Waals surface area contributed by atoms with E-state index in [9.17, 15) is 4.79 Å². The fourth-order valence-corrected chi connectivity index (χ4v) is 1.40. The van der Waals surface area contributed by atoms with E-state index in [0.717, 1.165) is 12.3 Å². The zero-order valence-electron chi connectivity index (χ0n) is 8.62. The fraction of sp³-hybridized carbons (Fsp3) is 0.700. The molecule has 2 unspecified atom stereocenters. The third kappa shape index (κ3) is 5.90. The van der Waals surface area contributed by atoms with Gasteiger partial charge in [-0.15, -0.1) is 18.2 Å². The second-order valence-electron chi connectivity index (χ2n) is 3.13. The molecule has 0 rings (SSSR count). The molecule has 0 aliphatic heterocycles. The molecular weight excluding hydrogens is 198 g/mol. The standard InChI is InChI=1S/C10H17NO2S/c1-4-6-14-7-5-11-9(3)8(2)10(12)13/h1,8-9,11H,5-7H2,2-3H3,(H,12,13). The maximum absolute atomic E-state index is 10.6. The number of nitrogens with one attached hydrogen (secondary N) is 1. The van der Waals surface area contributed by atoms with Crippen LogP contribution < -0.4 is 5.32 Å². The molecule has 4 heteroatoms. The molecule has 0 radical (unpaired) electrons. The van der Waals surface area contributed by atoms with E-state index in [4.69, 9.17) is 11.5 Å². The van der Waals surface area contributed by atoms with Gasteiger partial charge in [0.25, 0.3) is 0 Å². The summed E-state index contributed by atoms with van der Waals surface area (Å²) in [6, 6.07) is -0.000985. The van der Waals surface area contributed by atoms with Crippen LogP contribution in [-0.2, 0) is 4.79 Å². The van der Waals surface area contributed by atoms with Gasteiger partial charge in [0.15, 0.2) is 0 Å². The van der Waals surface area contributed by atoms with E-state index in [2.05, 4.69) is 11.2 Å². The van der Waals surface area contributed by atoms with Crippen molar-refractivity contribution in [3.63, 3.8) is 0 Å². The molecule has 2 atom stereocenters. The highest BCUT2D eigenvalue weighted by Gasteiger charge is 2.17. The fourth-order valence-electron chi connectivity index (χ4n) is 0.881. The molecule has 0 aromatic rings. The number of carboxylic acids is 1. The van der Waals surface area contributed by atoms with E-state index in [-0.39, 0.29) is 12.0 Å². The van der Waals surface area contributed by atoms with Gasteiger partial charge in [-0.2, -0.15) is 0 Å². The van der Waals surface area contributed by atoms with Gasteiger partial charge in [0.05, 0.1) is 11.7 Å². The van der Waals surface area contributed by atoms with Crippen molar-refractivity contribution in [2.24, 2.45) is 5.92 Å². The summed E-state index contributed by atoms with van der Waals surface area (Å²) in [4.78, 5) is 10.6. The van der Waals surface area contributed by atoms with Crippen molar-refractivity contribution in [2.45, 2.75) is 19.9 Å². The predicted octanol–water partition coefficient (Wildman–Crippen LogP) is 1.05. The number of hydrogen-bond acceptors (Lipinski definition) is 3. The van der Waals surface area contributed by atoms with Crippen LogP contribution in [0.4, 0.5) is 0 Å². The third-order valence-corrected chi connectivity index (χ3v) is 2.90. The zero-order chi connectivity index (χ0) is 11.0. The quantitative estimate of drug-likeness (QED) is 0.492. The summed E-state index contributed by atoms with van der Waals surface area (Å²) in [6.07, 6.45) is 5.09. The minimum atomic E-state index is -0.763. The van der Waals surface area contributed by atoms with Gasteiger partial charge in [-0.3, -0.25) is 4.79 Å². The maximum Gasteiger partial charge on any atom is 0.307 e. The summed E-state index contributed by atoms with van der Waals surface area (Å²) >= 11 is 1.67. The molecule has 0 aromatic heterocycles. The Morgan fingerprint density at radius 3 is 2.79 bits per heavy atom. The van der Waals surface area contributed by atoms with Crippen LogP contribution in [0.25, 0.3) is 0 Å². The molecule has 0 aliphatic rings. The second kappa shape index (κ2) is 7.72. The molecule has 2 N–H and O–H groups in total. The van der Waals surface area contributed by atoms with Gasteiger partial charge < -0.3 is 10.4 Å². The molecule has 0 saturated heterocycles. The van der Waals surface area contributed by atoms with Crippen LogP contribution in [0.5, 0.6) is 0 Å². The Morgan fingerprint density at radius 1 is 1.64 bits per heavy atom. The molecule has 14 heavy (non-hydrogen) atoms. The first-order valence-electron chi connectivity index (χ1n) is 4.57. The van der Waals surface area contributed by atoms with Crippen LogP contribution in [0.2, 0.25) is 0 Å². The molecule has 0 bridgehead atoms. The molecule has 3 nitrogen and oxygen atoms in total. The average Bonchev–Trinajstić information content (AvgIpc) is 2.16. The van der Waals surface area contributed by atoms with Crippen molar-refractivity contribution >= 4 is 17.7 Å². The lowest BCUT2D eigenvalue weighted by atomic mass is 10.0. The number of hydrogen-bond donors (Lipinski definition) is 2. The highest BCUT2D eigenvalue weighted by molar-refractivity contribution is 7.99. The maximum atomic E-state index is 10.6. The van der Waals surface area contributed by atoms with E-state index < -0.39 is 5.97 Å². The van der Waals surface area contributed by atoms with Gasteiger partial charge in [0, 0.05) is 18.3 Å². The van der Waals surface area contributed by atoms with E-state index in [1.807, 2.05) is 6.92 Å². The lowest BCUT2D eigenvalue weighted by Crippen LogP contribution is -2.37. The monoisotopic (exact) mass is 215 g/mol. The number of carbonyl (C=O) groups is 1. The van der Waals surface area contributed by atoms with Gasteiger partial charge in [-0.25, -0.2) is 0 Å². The van der Waals surface area contributed by atoms with Gasteiger partial charge >= 0.3 is 5.97 Å². The van der Waals surface area contributed by atoms with Crippen molar-refractivity contribution in [1.29, 1.82) is 0 Å². The number of carboxylic acid groups (broad SMARTS) is 1. The van der Waals surface area contributed by atoms with E-state index in [1.165, 1.54) is 0 Å². The van der Waals surface area contributed by atoms with Crippen LogP contribution in [0.15, 0.2) is 0 Å². The Morgan fingerprint density at radius 2 is 2.29 bits per heavy atom. The topological polar surface area (TPSA) is 49.3 Å². The Kier molecular flexibility index (Phi) is 7.35. The van der Waals surface area contributed by atoms with Crippen molar-refractivity contribution < 1.29 is 9.90 Å². The van der Waals surface area contributed by atoms with Crippen LogP contribution in [-0.4, -0.2) is 35.2 Å². The van der Waals surface area contributed by atoms with Crippen LogP contribution in [0, 0.1) is 18.3 Å². The molecule has 80 valence electrons. The molecule has 0 saturated carbocycles. The van der Waals surface area contributed by atoms with Crippen molar-refractivity contribution in [3.8, 4) is 12.3 Å². The first kappa shape index (κ1) is 13.3. The smallest absolute Gasteiger partial charge is 0.307 e. The largest absolute Gasteiger partial charge is 0.481 e. The number of aliphatic carboxylic acids is 1. The summed E-state index contributed by atoms with van der Waals surface area (Å²) in [5.41, 5.74) is 0. The van der Waals surface area contributed by atoms with E-state index in [0.29, 0.717) is 5.75 Å². The highest BCUT2D eigenvalue weighted by Crippen LogP contribution is 2.03. The molecule has 0 fully saturated rings. The Hall–Kier alpha value is -0.660. The summed E-state index contributed by atoms with van der Waals surface area (Å²) in [6.45, 7) is 4.38. The molecular formula is C10H17NO2S. The lowest BCUT2D eigenvalue weighted by molar-refractivity contribution is -0.141. The van der Waals surface area contributed by atoms with Gasteiger partial charge in [0.1, 0.15) is 0 Å². The van der Waals surface area contributed by atoms with Gasteiger partial charge in [-0.1, -0.05) is 12.8 Å². The van der Waals surface area contributed by atoms with Crippen LogP contribution >= 0.6 is 11.8 Å². The first-order chi connectivity index (χ1) is 6.59. The number of terminal acetylenes is 1. The van der Waals surface area contributed by atoms with Crippen molar-refractivity contribution in [2.75, 3.05) is 18.1 Å². The molecule has 0 spiro atoms.